The maximum Gasteiger partial charge on any atom is 0.410 e. The molecule has 1 saturated heterocycles. The van der Waals surface area contributed by atoms with Gasteiger partial charge in [0.25, 0.3) is 0 Å². The lowest BCUT2D eigenvalue weighted by Crippen LogP contribution is -2.61. The molecule has 0 radical (unpaired) electrons. The minimum absolute atomic E-state index is 0.0527. The predicted molar refractivity (Wildman–Crippen MR) is 102 cm³/mol. The van der Waals surface area contributed by atoms with Crippen molar-refractivity contribution in [3.8, 4) is 0 Å². The molecule has 29 heavy (non-hydrogen) atoms. The van der Waals surface area contributed by atoms with Crippen molar-refractivity contribution in [2.24, 2.45) is 0 Å². The van der Waals surface area contributed by atoms with E-state index in [0.717, 1.165) is 5.56 Å². The summed E-state index contributed by atoms with van der Waals surface area (Å²) in [7, 11) is 0. The molecule has 0 bridgehead atoms. The molecule has 2 amide bonds. The van der Waals surface area contributed by atoms with Crippen molar-refractivity contribution in [3.05, 3.63) is 35.9 Å². The van der Waals surface area contributed by atoms with Crippen LogP contribution in [0.1, 0.15) is 32.8 Å². The van der Waals surface area contributed by atoms with Gasteiger partial charge in [-0.05, 0) is 5.56 Å². The van der Waals surface area contributed by atoms with Crippen molar-refractivity contribution in [2.75, 3.05) is 13.2 Å². The van der Waals surface area contributed by atoms with Crippen molar-refractivity contribution in [1.82, 2.24) is 10.2 Å². The number of amides is 2. The number of piperidine rings is 1. The molecule has 9 heteroatoms. The van der Waals surface area contributed by atoms with Crippen LogP contribution in [-0.4, -0.2) is 60.2 Å². The Morgan fingerprint density at radius 3 is 2.31 bits per heavy atom. The van der Waals surface area contributed by atoms with Gasteiger partial charge in [0, 0.05) is 33.7 Å². The third-order valence-corrected chi connectivity index (χ3v) is 4.41. The average molecular weight is 406 g/mol. The Kier molecular flexibility index (Phi) is 7.99. The summed E-state index contributed by atoms with van der Waals surface area (Å²) in [5.74, 6) is -1.31. The van der Waals surface area contributed by atoms with Gasteiger partial charge >= 0.3 is 18.0 Å². The van der Waals surface area contributed by atoms with E-state index in [9.17, 15) is 19.2 Å². The van der Waals surface area contributed by atoms with Crippen molar-refractivity contribution in [2.45, 2.75) is 52.0 Å². The molecule has 1 fully saturated rings. The van der Waals surface area contributed by atoms with Gasteiger partial charge in [0.2, 0.25) is 5.91 Å². The number of carbonyl (C=O) groups excluding carboxylic acids is 4. The Balaban J connectivity index is 2.14. The number of nitrogens with zero attached hydrogens (tertiary/aromatic N) is 1. The maximum atomic E-state index is 12.7. The van der Waals surface area contributed by atoms with E-state index in [1.807, 2.05) is 30.3 Å². The third-order valence-electron chi connectivity index (χ3n) is 4.41. The van der Waals surface area contributed by atoms with Crippen LogP contribution in [0.25, 0.3) is 0 Å². The summed E-state index contributed by atoms with van der Waals surface area (Å²) in [6.45, 7) is 3.94. The first kappa shape index (κ1) is 22.2. The Morgan fingerprint density at radius 1 is 1.03 bits per heavy atom. The summed E-state index contributed by atoms with van der Waals surface area (Å²) >= 11 is 0. The predicted octanol–water partition coefficient (Wildman–Crippen LogP) is 1.40. The van der Waals surface area contributed by atoms with Gasteiger partial charge in [-0.2, -0.15) is 0 Å². The van der Waals surface area contributed by atoms with Crippen LogP contribution in [0.4, 0.5) is 4.79 Å². The van der Waals surface area contributed by atoms with Crippen LogP contribution in [0.2, 0.25) is 0 Å². The molecule has 1 aromatic carbocycles. The van der Waals surface area contributed by atoms with Gasteiger partial charge in [-0.1, -0.05) is 30.3 Å². The number of benzene rings is 1. The van der Waals surface area contributed by atoms with E-state index in [4.69, 9.17) is 14.2 Å². The normalized spacial score (nSPS) is 21.1. The molecule has 9 nitrogen and oxygen atoms in total. The molecule has 0 aromatic heterocycles. The van der Waals surface area contributed by atoms with Crippen LogP contribution in [-0.2, 0) is 35.2 Å². The second-order valence-electron chi connectivity index (χ2n) is 6.84. The van der Waals surface area contributed by atoms with Gasteiger partial charge in [-0.15, -0.1) is 0 Å². The van der Waals surface area contributed by atoms with Crippen molar-refractivity contribution >= 4 is 23.9 Å². The van der Waals surface area contributed by atoms with E-state index in [-0.39, 0.29) is 32.1 Å². The van der Waals surface area contributed by atoms with Gasteiger partial charge in [-0.25, -0.2) is 4.79 Å². The molecule has 158 valence electrons. The third kappa shape index (κ3) is 7.10. The Bertz CT molecular complexity index is 738. The number of hydrogen-bond donors (Lipinski definition) is 1. The van der Waals surface area contributed by atoms with Crippen molar-refractivity contribution in [1.29, 1.82) is 0 Å². The van der Waals surface area contributed by atoms with Crippen LogP contribution < -0.4 is 5.32 Å². The molecule has 1 N–H and O–H groups in total. The number of esters is 2. The zero-order valence-electron chi connectivity index (χ0n) is 16.8. The highest BCUT2D eigenvalue weighted by atomic mass is 16.6. The highest BCUT2D eigenvalue weighted by Crippen LogP contribution is 2.23. The lowest BCUT2D eigenvalue weighted by Gasteiger charge is -2.42. The molecule has 1 aromatic rings. The molecule has 0 aliphatic carbocycles. The second kappa shape index (κ2) is 10.4. The molecular weight excluding hydrogens is 380 g/mol. The van der Waals surface area contributed by atoms with Gasteiger partial charge in [0.05, 0.1) is 12.1 Å². The van der Waals surface area contributed by atoms with Crippen molar-refractivity contribution < 1.29 is 33.4 Å². The summed E-state index contributed by atoms with van der Waals surface area (Å²) in [4.78, 5) is 48.4. The van der Waals surface area contributed by atoms with E-state index in [1.165, 1.54) is 25.7 Å². The van der Waals surface area contributed by atoms with Gasteiger partial charge in [0.1, 0.15) is 19.3 Å². The zero-order chi connectivity index (χ0) is 21.4. The number of rotatable bonds is 6. The SMILES string of the molecule is CC(=O)N[C@H]1CN(C(=O)OCc2ccccc2)[C@@H](COC(C)=O)C[C@H]1OC(C)=O. The summed E-state index contributed by atoms with van der Waals surface area (Å²) < 4.78 is 15.8. The van der Waals surface area contributed by atoms with E-state index >= 15 is 0 Å². The molecular formula is C20H26N2O7. The first-order chi connectivity index (χ1) is 13.8. The molecule has 2 rings (SSSR count). The van der Waals surface area contributed by atoms with E-state index < -0.39 is 36.2 Å². The second-order valence-corrected chi connectivity index (χ2v) is 6.84. The highest BCUT2D eigenvalue weighted by molar-refractivity contribution is 5.74. The average Bonchev–Trinajstić information content (AvgIpc) is 2.65. The smallest absolute Gasteiger partial charge is 0.410 e. The van der Waals surface area contributed by atoms with Gasteiger partial charge in [-0.3, -0.25) is 19.3 Å². The fourth-order valence-corrected chi connectivity index (χ4v) is 3.18. The first-order valence-corrected chi connectivity index (χ1v) is 9.31. The van der Waals surface area contributed by atoms with Gasteiger partial charge < -0.3 is 19.5 Å². The standard InChI is InChI=1S/C20H26N2O7/c1-13(23)21-18-10-22(20(26)28-11-16-7-5-4-6-8-16)17(12-27-14(2)24)9-19(18)29-15(3)25/h4-8,17-19H,9-12H2,1-3H3,(H,21,23)/t17-,18+,19-/m1/s1. The van der Waals surface area contributed by atoms with E-state index in [1.54, 1.807) is 0 Å². The maximum absolute atomic E-state index is 12.7. The van der Waals surface area contributed by atoms with Crippen molar-refractivity contribution in [3.63, 3.8) is 0 Å². The minimum atomic E-state index is -0.657. The number of hydrogen-bond acceptors (Lipinski definition) is 7. The summed E-state index contributed by atoms with van der Waals surface area (Å²) in [5, 5.41) is 2.71. The Labute approximate surface area is 169 Å². The molecule has 0 unspecified atom stereocenters. The first-order valence-electron chi connectivity index (χ1n) is 9.31. The fourth-order valence-electron chi connectivity index (χ4n) is 3.18. The highest BCUT2D eigenvalue weighted by Gasteiger charge is 2.41. The van der Waals surface area contributed by atoms with Crippen LogP contribution in [0.5, 0.6) is 0 Å². The topological polar surface area (TPSA) is 111 Å². The number of nitrogens with one attached hydrogen (secondary N) is 1. The summed E-state index contributed by atoms with van der Waals surface area (Å²) in [6.07, 6.45) is -1.07. The number of carbonyl (C=O) groups is 4. The monoisotopic (exact) mass is 406 g/mol. The number of ether oxygens (including phenoxy) is 3. The molecule has 0 spiro atoms. The Hall–Kier alpha value is -3.10. The van der Waals surface area contributed by atoms with E-state index in [2.05, 4.69) is 5.32 Å². The molecule has 0 saturated carbocycles. The summed E-state index contributed by atoms with van der Waals surface area (Å²) in [6, 6.07) is 8.03. The molecule has 1 heterocycles. The quantitative estimate of drug-likeness (QED) is 0.561. The molecule has 1 aliphatic heterocycles. The van der Waals surface area contributed by atoms with Crippen LogP contribution in [0, 0.1) is 0 Å². The van der Waals surface area contributed by atoms with Crippen LogP contribution in [0.3, 0.4) is 0 Å². The Morgan fingerprint density at radius 2 is 1.72 bits per heavy atom. The van der Waals surface area contributed by atoms with Gasteiger partial charge in [0.15, 0.2) is 0 Å². The summed E-state index contributed by atoms with van der Waals surface area (Å²) in [5.41, 5.74) is 0.825. The molecule has 1 aliphatic rings. The molecule has 3 atom stereocenters. The van der Waals surface area contributed by atoms with E-state index in [0.29, 0.717) is 0 Å². The lowest BCUT2D eigenvalue weighted by atomic mass is 9.95. The fraction of sp³-hybridized carbons (Fsp3) is 0.500. The van der Waals surface area contributed by atoms with Crippen LogP contribution >= 0.6 is 0 Å². The minimum Gasteiger partial charge on any atom is -0.464 e. The van der Waals surface area contributed by atoms with Crippen LogP contribution in [0.15, 0.2) is 30.3 Å². The largest absolute Gasteiger partial charge is 0.464 e. The zero-order valence-corrected chi connectivity index (χ0v) is 16.8. The number of likely N-dealkylation sites (tertiary alicyclic amines) is 1. The lowest BCUT2D eigenvalue weighted by molar-refractivity contribution is -0.155.